The molecule has 5 heteroatoms. The molecule has 0 unspecified atom stereocenters. The molecule has 1 heterocycles. The summed E-state index contributed by atoms with van der Waals surface area (Å²) >= 11 is 0. The molecule has 0 saturated heterocycles. The van der Waals surface area contributed by atoms with Gasteiger partial charge in [0.1, 0.15) is 12.1 Å². The third kappa shape index (κ3) is 5.14. The van der Waals surface area contributed by atoms with Gasteiger partial charge in [0.25, 0.3) is 0 Å². The van der Waals surface area contributed by atoms with E-state index in [0.717, 1.165) is 5.69 Å². The second-order valence-corrected chi connectivity index (χ2v) is 10.3. The van der Waals surface area contributed by atoms with Crippen LogP contribution >= 0.6 is 0 Å². The van der Waals surface area contributed by atoms with E-state index >= 15 is 0 Å². The van der Waals surface area contributed by atoms with Gasteiger partial charge in [-0.2, -0.15) is 0 Å². The Bertz CT molecular complexity index is 361. The third-order valence-electron chi connectivity index (χ3n) is 3.13. The number of hydrogen-bond acceptors (Lipinski definition) is 4. The number of aromatic nitrogens is 2. The van der Waals surface area contributed by atoms with Crippen LogP contribution in [0.15, 0.2) is 12.4 Å². The minimum atomic E-state index is -1.71. The van der Waals surface area contributed by atoms with Gasteiger partial charge in [-0.15, -0.1) is 0 Å². The summed E-state index contributed by atoms with van der Waals surface area (Å²) < 4.78 is 6.03. The first-order chi connectivity index (χ1) is 8.22. The molecule has 1 rings (SSSR count). The molecule has 0 aliphatic heterocycles. The Labute approximate surface area is 112 Å². The number of nitrogens with zero attached hydrogens (tertiary/aromatic N) is 2. The molecule has 0 atom stereocenters. The van der Waals surface area contributed by atoms with Crippen LogP contribution in [0.1, 0.15) is 40.3 Å². The molecule has 0 radical (unpaired) electrons. The van der Waals surface area contributed by atoms with Gasteiger partial charge in [-0.25, -0.2) is 9.97 Å². The van der Waals surface area contributed by atoms with Gasteiger partial charge in [-0.3, -0.25) is 0 Å². The highest BCUT2D eigenvalue weighted by Gasteiger charge is 2.37. The van der Waals surface area contributed by atoms with Crippen LogP contribution in [0, 0.1) is 0 Å². The molecule has 0 saturated carbocycles. The fraction of sp³-hybridized carbons (Fsp3) is 0.692. The first-order valence-corrected chi connectivity index (χ1v) is 9.33. The Morgan fingerprint density at radius 3 is 2.22 bits per heavy atom. The minimum Gasteiger partial charge on any atom is -0.411 e. The molecule has 104 valence electrons. The van der Waals surface area contributed by atoms with Gasteiger partial charge < -0.3 is 10.2 Å². The summed E-state index contributed by atoms with van der Waals surface area (Å²) in [5, 5.41) is 0.214. The first-order valence-electron chi connectivity index (χ1n) is 6.43. The summed E-state index contributed by atoms with van der Waals surface area (Å²) in [5.74, 6) is 0.490. The highest BCUT2D eigenvalue weighted by molar-refractivity contribution is 6.74. The lowest BCUT2D eigenvalue weighted by atomic mass is 10.2. The van der Waals surface area contributed by atoms with Crippen molar-refractivity contribution in [2.24, 2.45) is 0 Å². The topological polar surface area (TPSA) is 61.0 Å². The molecule has 4 nitrogen and oxygen atoms in total. The molecule has 0 bridgehead atoms. The highest BCUT2D eigenvalue weighted by atomic mass is 28.4. The van der Waals surface area contributed by atoms with Crippen molar-refractivity contribution in [2.75, 3.05) is 5.73 Å². The van der Waals surface area contributed by atoms with Crippen LogP contribution in [0.25, 0.3) is 0 Å². The Kier molecular flexibility index (Phi) is 6.49. The van der Waals surface area contributed by atoms with Gasteiger partial charge >= 0.3 is 0 Å². The maximum absolute atomic E-state index is 6.03. The van der Waals surface area contributed by atoms with Crippen molar-refractivity contribution in [3.8, 4) is 0 Å². The molecule has 0 amide bonds. The average Bonchev–Trinajstić information content (AvgIpc) is 2.28. The summed E-state index contributed by atoms with van der Waals surface area (Å²) in [4.78, 5) is 7.99. The van der Waals surface area contributed by atoms with Crippen LogP contribution in [-0.4, -0.2) is 18.3 Å². The SMILES string of the molecule is CC.CC(C)(C)[Si](C)(C)OCc1cc(N)ncn1. The van der Waals surface area contributed by atoms with Crippen molar-refractivity contribution < 1.29 is 4.43 Å². The zero-order chi connectivity index (χ0) is 14.4. The Balaban J connectivity index is 0.00000137. The van der Waals surface area contributed by atoms with E-state index in [0.29, 0.717) is 12.4 Å². The molecule has 0 aliphatic carbocycles. The summed E-state index contributed by atoms with van der Waals surface area (Å²) in [5.41, 5.74) is 6.43. The van der Waals surface area contributed by atoms with Crippen LogP contribution < -0.4 is 5.73 Å². The fourth-order valence-electron chi connectivity index (χ4n) is 0.965. The lowest BCUT2D eigenvalue weighted by molar-refractivity contribution is 0.272. The zero-order valence-electron chi connectivity index (χ0n) is 12.7. The maximum Gasteiger partial charge on any atom is 0.192 e. The predicted molar refractivity (Wildman–Crippen MR) is 79.8 cm³/mol. The number of nitrogens with two attached hydrogens (primary N) is 1. The molecule has 1 aromatic rings. The molecule has 2 N–H and O–H groups in total. The van der Waals surface area contributed by atoms with Gasteiger partial charge in [0, 0.05) is 6.07 Å². The van der Waals surface area contributed by atoms with Crippen LogP contribution in [0.4, 0.5) is 5.82 Å². The lowest BCUT2D eigenvalue weighted by Crippen LogP contribution is -2.40. The monoisotopic (exact) mass is 269 g/mol. The smallest absolute Gasteiger partial charge is 0.192 e. The van der Waals surface area contributed by atoms with Crippen molar-refractivity contribution >= 4 is 14.1 Å². The summed E-state index contributed by atoms with van der Waals surface area (Å²) in [7, 11) is -1.71. The Morgan fingerprint density at radius 2 is 1.78 bits per heavy atom. The van der Waals surface area contributed by atoms with E-state index in [1.807, 2.05) is 13.8 Å². The Hall–Kier alpha value is -0.943. The summed E-state index contributed by atoms with van der Waals surface area (Å²) in [6, 6.07) is 1.76. The second-order valence-electron chi connectivity index (χ2n) is 5.48. The van der Waals surface area contributed by atoms with Gasteiger partial charge in [-0.05, 0) is 18.1 Å². The van der Waals surface area contributed by atoms with Crippen molar-refractivity contribution in [2.45, 2.75) is 59.4 Å². The van der Waals surface area contributed by atoms with Gasteiger partial charge in [0.05, 0.1) is 12.3 Å². The van der Waals surface area contributed by atoms with Gasteiger partial charge in [0.2, 0.25) is 0 Å². The number of hydrogen-bond donors (Lipinski definition) is 1. The molecule has 0 fully saturated rings. The normalized spacial score (nSPS) is 11.7. The molecular weight excluding hydrogens is 242 g/mol. The Morgan fingerprint density at radius 1 is 1.22 bits per heavy atom. The van der Waals surface area contributed by atoms with Crippen molar-refractivity contribution in [1.82, 2.24) is 9.97 Å². The number of rotatable bonds is 3. The van der Waals surface area contributed by atoms with E-state index in [1.165, 1.54) is 6.33 Å². The van der Waals surface area contributed by atoms with Crippen LogP contribution in [-0.2, 0) is 11.0 Å². The third-order valence-corrected chi connectivity index (χ3v) is 7.61. The quantitative estimate of drug-likeness (QED) is 0.852. The summed E-state index contributed by atoms with van der Waals surface area (Å²) in [6.07, 6.45) is 1.47. The van der Waals surface area contributed by atoms with E-state index < -0.39 is 8.32 Å². The molecule has 18 heavy (non-hydrogen) atoms. The average molecular weight is 269 g/mol. The van der Waals surface area contributed by atoms with Crippen LogP contribution in [0.5, 0.6) is 0 Å². The molecular formula is C13H27N3OSi. The van der Waals surface area contributed by atoms with Gasteiger partial charge in [0.15, 0.2) is 8.32 Å². The van der Waals surface area contributed by atoms with Crippen molar-refractivity contribution in [3.63, 3.8) is 0 Å². The van der Waals surface area contributed by atoms with E-state index in [2.05, 4.69) is 43.8 Å². The largest absolute Gasteiger partial charge is 0.411 e. The minimum absolute atomic E-state index is 0.214. The van der Waals surface area contributed by atoms with E-state index in [1.54, 1.807) is 6.07 Å². The predicted octanol–water partition coefficient (Wildman–Crippen LogP) is 3.61. The fourth-order valence-corrected chi connectivity index (χ4v) is 1.91. The molecule has 0 aliphatic rings. The molecule has 0 spiro atoms. The second kappa shape index (κ2) is 6.85. The van der Waals surface area contributed by atoms with Crippen molar-refractivity contribution in [3.05, 3.63) is 18.1 Å². The molecule has 1 aromatic heterocycles. The highest BCUT2D eigenvalue weighted by Crippen LogP contribution is 2.36. The van der Waals surface area contributed by atoms with Crippen LogP contribution in [0.2, 0.25) is 18.1 Å². The maximum atomic E-state index is 6.03. The number of anilines is 1. The summed E-state index contributed by atoms with van der Waals surface area (Å²) in [6.45, 7) is 15.6. The van der Waals surface area contributed by atoms with E-state index in [-0.39, 0.29) is 5.04 Å². The van der Waals surface area contributed by atoms with E-state index in [4.69, 9.17) is 10.2 Å². The van der Waals surface area contributed by atoms with Gasteiger partial charge in [-0.1, -0.05) is 34.6 Å². The standard InChI is InChI=1S/C11H21N3OSi.C2H6/c1-11(2,3)16(4,5)15-7-9-6-10(12)14-8-13-9;1-2/h6,8H,7H2,1-5H3,(H2,12,13,14);1-2H3. The number of nitrogen functional groups attached to an aromatic ring is 1. The van der Waals surface area contributed by atoms with E-state index in [9.17, 15) is 0 Å². The molecule has 0 aromatic carbocycles. The zero-order valence-corrected chi connectivity index (χ0v) is 13.7. The lowest BCUT2D eigenvalue weighted by Gasteiger charge is -2.36. The van der Waals surface area contributed by atoms with Crippen LogP contribution in [0.3, 0.4) is 0 Å². The first kappa shape index (κ1) is 17.1. The van der Waals surface area contributed by atoms with Crippen molar-refractivity contribution in [1.29, 1.82) is 0 Å².